The predicted molar refractivity (Wildman–Crippen MR) is 81.6 cm³/mol. The topological polar surface area (TPSA) is 29.1 Å². The van der Waals surface area contributed by atoms with Gasteiger partial charge in [-0.3, -0.25) is 4.79 Å². The summed E-state index contributed by atoms with van der Waals surface area (Å²) < 4.78 is 1.15. The van der Waals surface area contributed by atoms with Crippen molar-refractivity contribution in [3.63, 3.8) is 0 Å². The van der Waals surface area contributed by atoms with E-state index in [-0.39, 0.29) is 11.4 Å². The van der Waals surface area contributed by atoms with E-state index in [0.717, 1.165) is 27.3 Å². The van der Waals surface area contributed by atoms with Crippen LogP contribution in [-0.2, 0) is 0 Å². The van der Waals surface area contributed by atoms with Crippen LogP contribution in [-0.4, -0.2) is 16.8 Å². The standard InChI is InChI=1S/C13H15BrINO/c14-9-13(7-1-2-8-13)16-12(17)10-3-5-11(15)6-4-10/h3-6H,1-2,7-9H2,(H,16,17). The molecule has 0 heterocycles. The van der Waals surface area contributed by atoms with E-state index in [2.05, 4.69) is 43.8 Å². The maximum Gasteiger partial charge on any atom is 0.251 e. The van der Waals surface area contributed by atoms with Crippen molar-refractivity contribution in [2.75, 3.05) is 5.33 Å². The third kappa shape index (κ3) is 3.22. The van der Waals surface area contributed by atoms with Crippen molar-refractivity contribution in [3.8, 4) is 0 Å². The number of carbonyl (C=O) groups is 1. The molecule has 0 saturated heterocycles. The second kappa shape index (κ2) is 5.69. The van der Waals surface area contributed by atoms with Crippen molar-refractivity contribution in [2.24, 2.45) is 0 Å². The van der Waals surface area contributed by atoms with Gasteiger partial charge in [0.25, 0.3) is 5.91 Å². The van der Waals surface area contributed by atoms with Crippen LogP contribution in [0.2, 0.25) is 0 Å². The van der Waals surface area contributed by atoms with Gasteiger partial charge in [-0.05, 0) is 59.7 Å². The molecule has 92 valence electrons. The molecule has 0 aromatic heterocycles. The number of rotatable bonds is 3. The number of carbonyl (C=O) groups excluding carboxylic acids is 1. The first-order valence-electron chi connectivity index (χ1n) is 5.79. The SMILES string of the molecule is O=C(NC1(CBr)CCCC1)c1ccc(I)cc1. The van der Waals surface area contributed by atoms with Crippen LogP contribution < -0.4 is 5.32 Å². The molecule has 0 aliphatic heterocycles. The van der Waals surface area contributed by atoms with Gasteiger partial charge in [0.05, 0.1) is 5.54 Å². The van der Waals surface area contributed by atoms with Gasteiger partial charge in [-0.1, -0.05) is 28.8 Å². The molecule has 1 aliphatic rings. The maximum absolute atomic E-state index is 12.1. The van der Waals surface area contributed by atoms with Crippen molar-refractivity contribution < 1.29 is 4.79 Å². The fourth-order valence-corrected chi connectivity index (χ4v) is 3.32. The third-order valence-corrected chi connectivity index (χ3v) is 5.09. The summed E-state index contributed by atoms with van der Waals surface area (Å²) >= 11 is 5.77. The molecular formula is C13H15BrINO. The van der Waals surface area contributed by atoms with E-state index in [1.54, 1.807) is 0 Å². The first-order chi connectivity index (χ1) is 8.15. The highest BCUT2D eigenvalue weighted by atomic mass is 127. The van der Waals surface area contributed by atoms with Crippen LogP contribution in [0.3, 0.4) is 0 Å². The Morgan fingerprint density at radius 1 is 1.29 bits per heavy atom. The summed E-state index contributed by atoms with van der Waals surface area (Å²) in [5, 5.41) is 4.03. The zero-order chi connectivity index (χ0) is 12.3. The first kappa shape index (κ1) is 13.3. The summed E-state index contributed by atoms with van der Waals surface area (Å²) in [4.78, 5) is 12.1. The normalized spacial score (nSPS) is 18.0. The lowest BCUT2D eigenvalue weighted by molar-refractivity contribution is 0.0910. The first-order valence-corrected chi connectivity index (χ1v) is 7.99. The number of alkyl halides is 1. The minimum Gasteiger partial charge on any atom is -0.346 e. The van der Waals surface area contributed by atoms with Gasteiger partial charge >= 0.3 is 0 Å². The molecule has 1 amide bonds. The van der Waals surface area contributed by atoms with Crippen molar-refractivity contribution >= 4 is 44.4 Å². The van der Waals surface area contributed by atoms with Crippen LogP contribution in [0.1, 0.15) is 36.0 Å². The Labute approximate surface area is 124 Å². The molecule has 0 atom stereocenters. The Kier molecular flexibility index (Phi) is 4.47. The smallest absolute Gasteiger partial charge is 0.251 e. The van der Waals surface area contributed by atoms with Gasteiger partial charge in [-0.25, -0.2) is 0 Å². The number of halogens is 2. The minimum absolute atomic E-state index is 0.0277. The van der Waals surface area contributed by atoms with E-state index in [0.29, 0.717) is 0 Å². The lowest BCUT2D eigenvalue weighted by Gasteiger charge is -2.28. The lowest BCUT2D eigenvalue weighted by Crippen LogP contribution is -2.47. The van der Waals surface area contributed by atoms with Crippen LogP contribution in [0.5, 0.6) is 0 Å². The highest BCUT2D eigenvalue weighted by molar-refractivity contribution is 14.1. The van der Waals surface area contributed by atoms with E-state index in [9.17, 15) is 4.79 Å². The molecule has 0 unspecified atom stereocenters. The maximum atomic E-state index is 12.1. The molecule has 2 nitrogen and oxygen atoms in total. The molecule has 1 aliphatic carbocycles. The summed E-state index contributed by atoms with van der Waals surface area (Å²) in [6.07, 6.45) is 4.57. The zero-order valence-corrected chi connectivity index (χ0v) is 13.3. The monoisotopic (exact) mass is 407 g/mol. The summed E-state index contributed by atoms with van der Waals surface area (Å²) in [5.74, 6) is 0.0442. The Balaban J connectivity index is 2.08. The molecule has 17 heavy (non-hydrogen) atoms. The van der Waals surface area contributed by atoms with Crippen LogP contribution in [0, 0.1) is 3.57 Å². The van der Waals surface area contributed by atoms with Crippen LogP contribution in [0.15, 0.2) is 24.3 Å². The highest BCUT2D eigenvalue weighted by Gasteiger charge is 2.34. The fraction of sp³-hybridized carbons (Fsp3) is 0.462. The Hall–Kier alpha value is -0.100. The number of hydrogen-bond acceptors (Lipinski definition) is 1. The predicted octanol–water partition coefficient (Wildman–Crippen LogP) is 3.73. The zero-order valence-electron chi connectivity index (χ0n) is 9.51. The van der Waals surface area contributed by atoms with Crippen LogP contribution >= 0.6 is 38.5 Å². The molecule has 0 bridgehead atoms. The third-order valence-electron chi connectivity index (χ3n) is 3.30. The van der Waals surface area contributed by atoms with Gasteiger partial charge in [0, 0.05) is 14.5 Å². The van der Waals surface area contributed by atoms with E-state index in [1.807, 2.05) is 24.3 Å². The van der Waals surface area contributed by atoms with E-state index >= 15 is 0 Å². The van der Waals surface area contributed by atoms with Crippen molar-refractivity contribution in [1.82, 2.24) is 5.32 Å². The second-order valence-corrected chi connectivity index (χ2v) is 6.39. The summed E-state index contributed by atoms with van der Waals surface area (Å²) in [6, 6.07) is 7.69. The number of benzene rings is 1. The Morgan fingerprint density at radius 2 is 1.88 bits per heavy atom. The molecule has 1 fully saturated rings. The van der Waals surface area contributed by atoms with Gasteiger partial charge in [0.1, 0.15) is 0 Å². The van der Waals surface area contributed by atoms with E-state index in [1.165, 1.54) is 12.8 Å². The van der Waals surface area contributed by atoms with E-state index in [4.69, 9.17) is 0 Å². The lowest BCUT2D eigenvalue weighted by atomic mass is 10.00. The van der Waals surface area contributed by atoms with Crippen molar-refractivity contribution in [3.05, 3.63) is 33.4 Å². The molecule has 4 heteroatoms. The van der Waals surface area contributed by atoms with Crippen molar-refractivity contribution in [1.29, 1.82) is 0 Å². The molecule has 1 N–H and O–H groups in total. The molecule has 0 spiro atoms. The van der Waals surface area contributed by atoms with Crippen LogP contribution in [0.4, 0.5) is 0 Å². The minimum atomic E-state index is -0.0277. The van der Waals surface area contributed by atoms with Gasteiger partial charge in [0.15, 0.2) is 0 Å². The Bertz CT molecular complexity index is 398. The summed E-state index contributed by atoms with van der Waals surface area (Å²) in [5.41, 5.74) is 0.720. The molecule has 1 saturated carbocycles. The fourth-order valence-electron chi connectivity index (χ4n) is 2.26. The second-order valence-electron chi connectivity index (χ2n) is 4.58. The molecule has 1 aromatic carbocycles. The number of hydrogen-bond donors (Lipinski definition) is 1. The van der Waals surface area contributed by atoms with E-state index < -0.39 is 0 Å². The van der Waals surface area contributed by atoms with Gasteiger partial charge in [0.2, 0.25) is 0 Å². The number of nitrogens with one attached hydrogen (secondary N) is 1. The largest absolute Gasteiger partial charge is 0.346 e. The van der Waals surface area contributed by atoms with Crippen LogP contribution in [0.25, 0.3) is 0 Å². The van der Waals surface area contributed by atoms with Crippen molar-refractivity contribution in [2.45, 2.75) is 31.2 Å². The molecule has 0 radical (unpaired) electrons. The quantitative estimate of drug-likeness (QED) is 0.600. The van der Waals surface area contributed by atoms with Gasteiger partial charge in [-0.15, -0.1) is 0 Å². The summed E-state index contributed by atoms with van der Waals surface area (Å²) in [6.45, 7) is 0. The van der Waals surface area contributed by atoms with Gasteiger partial charge in [-0.2, -0.15) is 0 Å². The Morgan fingerprint density at radius 3 is 2.41 bits per heavy atom. The molecular weight excluding hydrogens is 393 g/mol. The molecule has 1 aromatic rings. The highest BCUT2D eigenvalue weighted by Crippen LogP contribution is 2.31. The van der Waals surface area contributed by atoms with Gasteiger partial charge < -0.3 is 5.32 Å². The average molecular weight is 408 g/mol. The number of amides is 1. The summed E-state index contributed by atoms with van der Waals surface area (Å²) in [7, 11) is 0. The average Bonchev–Trinajstić information content (AvgIpc) is 2.79. The molecule has 2 rings (SSSR count).